The highest BCUT2D eigenvalue weighted by Crippen LogP contribution is 2.24. The molecular weight excluding hydrogens is 331 g/mol. The first kappa shape index (κ1) is 18.6. The van der Waals surface area contributed by atoms with Crippen molar-refractivity contribution in [2.24, 2.45) is 0 Å². The first-order valence-corrected chi connectivity index (χ1v) is 9.52. The number of rotatable bonds is 6. The monoisotopic (exact) mass is 354 g/mol. The van der Waals surface area contributed by atoms with E-state index in [2.05, 4.69) is 11.3 Å². The average Bonchev–Trinajstić information content (AvgIpc) is 2.59. The number of carbonyl (C=O) groups is 1. The van der Waals surface area contributed by atoms with Gasteiger partial charge in [-0.05, 0) is 31.0 Å². The highest BCUT2D eigenvalue weighted by Gasteiger charge is 2.25. The Morgan fingerprint density at radius 2 is 2.04 bits per heavy atom. The second kappa shape index (κ2) is 7.90. The molecule has 0 bridgehead atoms. The van der Waals surface area contributed by atoms with Crippen molar-refractivity contribution in [2.45, 2.75) is 43.0 Å². The molecule has 0 atom stereocenters. The summed E-state index contributed by atoms with van der Waals surface area (Å²) in [5, 5.41) is 0. The van der Waals surface area contributed by atoms with Crippen LogP contribution in [0.3, 0.4) is 0 Å². The van der Waals surface area contributed by atoms with Gasteiger partial charge in [0.25, 0.3) is 5.91 Å². The lowest BCUT2D eigenvalue weighted by molar-refractivity contribution is 0.0696. The lowest BCUT2D eigenvalue weighted by Crippen LogP contribution is -2.38. The molecule has 1 fully saturated rings. The summed E-state index contributed by atoms with van der Waals surface area (Å²) in [4.78, 5) is 13.7. The van der Waals surface area contributed by atoms with E-state index in [1.54, 1.807) is 11.9 Å². The van der Waals surface area contributed by atoms with Gasteiger partial charge in [0.05, 0.1) is 0 Å². The van der Waals surface area contributed by atoms with Gasteiger partial charge in [-0.25, -0.2) is 17.5 Å². The predicted molar refractivity (Wildman–Crippen MR) is 90.8 cm³/mol. The Hall–Kier alpha value is -1.73. The highest BCUT2D eigenvalue weighted by atomic mass is 32.2. The summed E-state index contributed by atoms with van der Waals surface area (Å²) in [5.74, 6) is -1.18. The van der Waals surface area contributed by atoms with Crippen LogP contribution in [-0.4, -0.2) is 38.9 Å². The molecule has 0 heterocycles. The average molecular weight is 354 g/mol. The standard InChI is InChI=1S/C17H23FN2O3S/c1-3-11-19-24(22,23)16-12-13(9-10-15(16)18)17(21)20(2)14-7-5-4-6-8-14/h3,9-10,12,14,19H,1,4-8,11H2,2H3. The number of nitrogens with zero attached hydrogens (tertiary/aromatic N) is 1. The molecular formula is C17H23FN2O3S. The van der Waals surface area contributed by atoms with Crippen LogP contribution in [0.4, 0.5) is 4.39 Å². The van der Waals surface area contributed by atoms with E-state index in [0.29, 0.717) is 0 Å². The van der Waals surface area contributed by atoms with Gasteiger partial charge in [0.2, 0.25) is 10.0 Å². The van der Waals surface area contributed by atoms with Gasteiger partial charge in [-0.2, -0.15) is 0 Å². The molecule has 1 aliphatic rings. The minimum absolute atomic E-state index is 0.0120. The molecule has 1 amide bonds. The predicted octanol–water partition coefficient (Wildman–Crippen LogP) is 2.69. The van der Waals surface area contributed by atoms with Crippen LogP contribution in [0.25, 0.3) is 0 Å². The topological polar surface area (TPSA) is 66.5 Å². The van der Waals surface area contributed by atoms with E-state index in [9.17, 15) is 17.6 Å². The summed E-state index contributed by atoms with van der Waals surface area (Å²) in [6, 6.07) is 3.59. The van der Waals surface area contributed by atoms with Crippen LogP contribution in [-0.2, 0) is 10.0 Å². The fraction of sp³-hybridized carbons (Fsp3) is 0.471. The van der Waals surface area contributed by atoms with Crippen LogP contribution in [0.1, 0.15) is 42.5 Å². The molecule has 1 saturated carbocycles. The van der Waals surface area contributed by atoms with Crippen molar-refractivity contribution in [3.05, 3.63) is 42.2 Å². The van der Waals surface area contributed by atoms with Crippen molar-refractivity contribution in [2.75, 3.05) is 13.6 Å². The number of nitrogens with one attached hydrogen (secondary N) is 1. The van der Waals surface area contributed by atoms with E-state index >= 15 is 0 Å². The summed E-state index contributed by atoms with van der Waals surface area (Å²) in [6.45, 7) is 3.41. The van der Waals surface area contributed by atoms with Crippen molar-refractivity contribution in [3.8, 4) is 0 Å². The summed E-state index contributed by atoms with van der Waals surface area (Å²) in [5.41, 5.74) is 0.170. The van der Waals surface area contributed by atoms with Gasteiger partial charge >= 0.3 is 0 Å². The largest absolute Gasteiger partial charge is 0.339 e. The maximum absolute atomic E-state index is 13.9. The molecule has 1 N–H and O–H groups in total. The third-order valence-corrected chi connectivity index (χ3v) is 5.77. The molecule has 0 aromatic heterocycles. The Kier molecular flexibility index (Phi) is 6.12. The number of benzene rings is 1. The zero-order valence-electron chi connectivity index (χ0n) is 13.8. The molecule has 7 heteroatoms. The smallest absolute Gasteiger partial charge is 0.253 e. The lowest BCUT2D eigenvalue weighted by atomic mass is 9.94. The van der Waals surface area contributed by atoms with Crippen LogP contribution in [0.5, 0.6) is 0 Å². The summed E-state index contributed by atoms with van der Waals surface area (Å²) >= 11 is 0. The second-order valence-corrected chi connectivity index (χ2v) is 7.73. The SMILES string of the molecule is C=CCNS(=O)(=O)c1cc(C(=O)N(C)C2CCCCC2)ccc1F. The van der Waals surface area contributed by atoms with E-state index in [1.165, 1.54) is 18.6 Å². The van der Waals surface area contributed by atoms with Crippen LogP contribution in [0.15, 0.2) is 35.7 Å². The first-order valence-electron chi connectivity index (χ1n) is 8.04. The van der Waals surface area contributed by atoms with Crippen LogP contribution in [0, 0.1) is 5.82 Å². The fourth-order valence-corrected chi connectivity index (χ4v) is 4.03. The first-order chi connectivity index (χ1) is 11.4. The van der Waals surface area contributed by atoms with Crippen molar-refractivity contribution >= 4 is 15.9 Å². The third kappa shape index (κ3) is 4.21. The van der Waals surface area contributed by atoms with Crippen molar-refractivity contribution in [3.63, 3.8) is 0 Å². The van der Waals surface area contributed by atoms with E-state index in [0.717, 1.165) is 37.8 Å². The Labute approximate surface area is 142 Å². The minimum Gasteiger partial charge on any atom is -0.339 e. The number of amides is 1. The molecule has 2 rings (SSSR count). The van der Waals surface area contributed by atoms with E-state index < -0.39 is 20.7 Å². The van der Waals surface area contributed by atoms with Crippen molar-refractivity contribution in [1.29, 1.82) is 0 Å². The molecule has 24 heavy (non-hydrogen) atoms. The number of hydrogen-bond donors (Lipinski definition) is 1. The van der Waals surface area contributed by atoms with Crippen molar-refractivity contribution in [1.82, 2.24) is 9.62 Å². The highest BCUT2D eigenvalue weighted by molar-refractivity contribution is 7.89. The van der Waals surface area contributed by atoms with Gasteiger partial charge in [0, 0.05) is 25.2 Å². The van der Waals surface area contributed by atoms with E-state index in [-0.39, 0.29) is 24.1 Å². The molecule has 1 aromatic carbocycles. The molecule has 0 spiro atoms. The molecule has 0 saturated heterocycles. The van der Waals surface area contributed by atoms with Gasteiger partial charge in [-0.1, -0.05) is 25.3 Å². The van der Waals surface area contributed by atoms with Crippen LogP contribution >= 0.6 is 0 Å². The van der Waals surface area contributed by atoms with Gasteiger partial charge in [-0.3, -0.25) is 4.79 Å². The summed E-state index contributed by atoms with van der Waals surface area (Å²) in [6.07, 6.45) is 6.58. The maximum Gasteiger partial charge on any atom is 0.253 e. The van der Waals surface area contributed by atoms with Gasteiger partial charge in [0.1, 0.15) is 10.7 Å². The molecule has 0 radical (unpaired) electrons. The van der Waals surface area contributed by atoms with E-state index in [4.69, 9.17) is 0 Å². The molecule has 0 aliphatic heterocycles. The molecule has 5 nitrogen and oxygen atoms in total. The number of sulfonamides is 1. The maximum atomic E-state index is 13.9. The number of halogens is 1. The Balaban J connectivity index is 2.26. The Morgan fingerprint density at radius 3 is 2.67 bits per heavy atom. The Morgan fingerprint density at radius 1 is 1.38 bits per heavy atom. The third-order valence-electron chi connectivity index (χ3n) is 4.33. The Bertz CT molecular complexity index is 713. The molecule has 0 unspecified atom stereocenters. The van der Waals surface area contributed by atoms with Crippen LogP contribution < -0.4 is 4.72 Å². The quantitative estimate of drug-likeness (QED) is 0.799. The fourth-order valence-electron chi connectivity index (χ4n) is 2.93. The minimum atomic E-state index is -4.03. The summed E-state index contributed by atoms with van der Waals surface area (Å²) < 4.78 is 40.4. The number of carbonyl (C=O) groups excluding carboxylic acids is 1. The molecule has 1 aliphatic carbocycles. The van der Waals surface area contributed by atoms with Crippen molar-refractivity contribution < 1.29 is 17.6 Å². The normalized spacial score (nSPS) is 15.9. The molecule has 132 valence electrons. The zero-order chi connectivity index (χ0) is 17.7. The van der Waals surface area contributed by atoms with E-state index in [1.807, 2.05) is 0 Å². The molecule has 1 aromatic rings. The number of hydrogen-bond acceptors (Lipinski definition) is 3. The van der Waals surface area contributed by atoms with Crippen LogP contribution in [0.2, 0.25) is 0 Å². The summed E-state index contributed by atoms with van der Waals surface area (Å²) in [7, 11) is -2.31. The zero-order valence-corrected chi connectivity index (χ0v) is 14.6. The second-order valence-electron chi connectivity index (χ2n) is 5.99. The van der Waals surface area contributed by atoms with Gasteiger partial charge < -0.3 is 4.90 Å². The van der Waals surface area contributed by atoms with Gasteiger partial charge in [-0.15, -0.1) is 6.58 Å². The lowest BCUT2D eigenvalue weighted by Gasteiger charge is -2.31. The van der Waals surface area contributed by atoms with Gasteiger partial charge in [0.15, 0.2) is 0 Å².